The zero-order chi connectivity index (χ0) is 18.1. The number of benzene rings is 3. The topological polar surface area (TPSA) is 62.1 Å². The fourth-order valence-electron chi connectivity index (χ4n) is 2.97. The Hall–Kier alpha value is -3.60. The summed E-state index contributed by atoms with van der Waals surface area (Å²) in [5.41, 5.74) is 3.63. The molecule has 0 N–H and O–H groups in total. The third-order valence-corrected chi connectivity index (χ3v) is 4.25. The van der Waals surface area contributed by atoms with E-state index in [4.69, 9.17) is 0 Å². The predicted molar refractivity (Wildman–Crippen MR) is 99.4 cm³/mol. The number of anilines is 1. The summed E-state index contributed by atoms with van der Waals surface area (Å²) < 4.78 is 0. The second kappa shape index (κ2) is 6.37. The number of hydrogen-bond donors (Lipinski definition) is 0. The molecule has 1 heterocycles. The molecule has 0 fully saturated rings. The van der Waals surface area contributed by atoms with E-state index in [2.05, 4.69) is 10.2 Å². The van der Waals surface area contributed by atoms with E-state index in [1.54, 1.807) is 36.4 Å². The molecule has 0 spiro atoms. The zero-order valence-corrected chi connectivity index (χ0v) is 14.1. The van der Waals surface area contributed by atoms with Gasteiger partial charge in [0.25, 0.3) is 11.8 Å². The molecule has 0 radical (unpaired) electrons. The maximum absolute atomic E-state index is 12.6. The predicted octanol–water partition coefficient (Wildman–Crippen LogP) is 5.21. The van der Waals surface area contributed by atoms with Gasteiger partial charge in [0.2, 0.25) is 0 Å². The van der Waals surface area contributed by atoms with Gasteiger partial charge in [-0.2, -0.15) is 10.2 Å². The first kappa shape index (κ1) is 15.9. The van der Waals surface area contributed by atoms with Gasteiger partial charge in [0.15, 0.2) is 0 Å². The van der Waals surface area contributed by atoms with Crippen molar-refractivity contribution in [3.05, 3.63) is 89.5 Å². The van der Waals surface area contributed by atoms with Crippen molar-refractivity contribution in [1.82, 2.24) is 0 Å². The molecular weight excluding hydrogens is 326 g/mol. The van der Waals surface area contributed by atoms with Gasteiger partial charge in [-0.25, -0.2) is 4.90 Å². The highest BCUT2D eigenvalue weighted by molar-refractivity contribution is 6.34. The van der Waals surface area contributed by atoms with Crippen LogP contribution < -0.4 is 4.90 Å². The van der Waals surface area contributed by atoms with Crippen molar-refractivity contribution in [3.63, 3.8) is 0 Å². The van der Waals surface area contributed by atoms with Gasteiger partial charge in [-0.05, 0) is 55.0 Å². The lowest BCUT2D eigenvalue weighted by atomic mass is 10.1. The van der Waals surface area contributed by atoms with Crippen LogP contribution in [0.2, 0.25) is 0 Å². The molecule has 26 heavy (non-hydrogen) atoms. The smallest absolute Gasteiger partial charge is 0.266 e. The van der Waals surface area contributed by atoms with Gasteiger partial charge in [0, 0.05) is 0 Å². The van der Waals surface area contributed by atoms with Crippen LogP contribution in [0.15, 0.2) is 83.0 Å². The van der Waals surface area contributed by atoms with Gasteiger partial charge < -0.3 is 0 Å². The number of aryl methyl sites for hydroxylation is 1. The number of carbonyl (C=O) groups is 2. The molecule has 1 aliphatic rings. The van der Waals surface area contributed by atoms with Crippen LogP contribution in [0.3, 0.4) is 0 Å². The van der Waals surface area contributed by atoms with E-state index in [1.807, 2.05) is 43.3 Å². The number of amides is 2. The van der Waals surface area contributed by atoms with Crippen LogP contribution in [0.25, 0.3) is 0 Å². The summed E-state index contributed by atoms with van der Waals surface area (Å²) in [6, 6.07) is 21.6. The van der Waals surface area contributed by atoms with E-state index in [0.29, 0.717) is 22.5 Å². The Morgan fingerprint density at radius 2 is 1.27 bits per heavy atom. The molecule has 0 saturated heterocycles. The van der Waals surface area contributed by atoms with Crippen molar-refractivity contribution in [2.75, 3.05) is 4.90 Å². The molecule has 0 unspecified atom stereocenters. The number of imide groups is 1. The van der Waals surface area contributed by atoms with Crippen molar-refractivity contribution in [2.24, 2.45) is 10.2 Å². The fraction of sp³-hybridized carbons (Fsp3) is 0.0476. The molecule has 0 bridgehead atoms. The zero-order valence-electron chi connectivity index (χ0n) is 14.1. The van der Waals surface area contributed by atoms with Gasteiger partial charge in [-0.1, -0.05) is 30.3 Å². The van der Waals surface area contributed by atoms with E-state index >= 15 is 0 Å². The Bertz CT molecular complexity index is 1010. The number of rotatable bonds is 3. The monoisotopic (exact) mass is 341 g/mol. The minimum atomic E-state index is -0.299. The second-order valence-electron chi connectivity index (χ2n) is 6.00. The van der Waals surface area contributed by atoms with Gasteiger partial charge in [-0.15, -0.1) is 0 Å². The Kier molecular flexibility index (Phi) is 3.89. The maximum Gasteiger partial charge on any atom is 0.266 e. The number of carbonyl (C=O) groups excluding carboxylic acids is 2. The van der Waals surface area contributed by atoms with E-state index in [-0.39, 0.29) is 11.8 Å². The van der Waals surface area contributed by atoms with E-state index in [1.165, 1.54) is 4.90 Å². The molecule has 2 amide bonds. The van der Waals surface area contributed by atoms with Crippen LogP contribution in [-0.2, 0) is 0 Å². The number of nitrogens with zero attached hydrogens (tertiary/aromatic N) is 3. The first-order valence-corrected chi connectivity index (χ1v) is 8.20. The summed E-state index contributed by atoms with van der Waals surface area (Å²) in [4.78, 5) is 26.5. The Labute approximate surface area is 150 Å². The lowest BCUT2D eigenvalue weighted by Crippen LogP contribution is -2.29. The van der Waals surface area contributed by atoms with Crippen LogP contribution in [0, 0.1) is 6.92 Å². The van der Waals surface area contributed by atoms with Gasteiger partial charge in [0.05, 0.1) is 28.2 Å². The fourth-order valence-corrected chi connectivity index (χ4v) is 2.97. The normalized spacial score (nSPS) is 13.5. The average molecular weight is 341 g/mol. The molecule has 5 nitrogen and oxygen atoms in total. The number of hydrogen-bond acceptors (Lipinski definition) is 4. The maximum atomic E-state index is 12.6. The van der Waals surface area contributed by atoms with E-state index in [0.717, 1.165) is 11.3 Å². The third-order valence-electron chi connectivity index (χ3n) is 4.25. The van der Waals surface area contributed by atoms with Gasteiger partial charge >= 0.3 is 0 Å². The molecule has 1 aliphatic heterocycles. The molecule has 5 heteroatoms. The standard InChI is InChI=1S/C21H15N3O2/c1-14-13-16(23-22-15-7-3-2-4-8-15)11-12-19(14)24-20(25)17-9-5-6-10-18(17)21(24)26/h2-13H,1H3. The summed E-state index contributed by atoms with van der Waals surface area (Å²) in [7, 11) is 0. The molecule has 0 atom stereocenters. The minimum absolute atomic E-state index is 0.299. The van der Waals surface area contributed by atoms with E-state index < -0.39 is 0 Å². The van der Waals surface area contributed by atoms with Crippen LogP contribution in [0.1, 0.15) is 26.3 Å². The molecular formula is C21H15N3O2. The lowest BCUT2D eigenvalue weighted by Gasteiger charge is -2.16. The van der Waals surface area contributed by atoms with Gasteiger partial charge in [0.1, 0.15) is 0 Å². The third kappa shape index (κ3) is 2.69. The largest absolute Gasteiger partial charge is 0.268 e. The number of fused-ring (bicyclic) bond motifs is 1. The molecule has 3 aromatic carbocycles. The van der Waals surface area contributed by atoms with Crippen LogP contribution in [0.4, 0.5) is 17.1 Å². The average Bonchev–Trinajstić information content (AvgIpc) is 2.92. The SMILES string of the molecule is Cc1cc(N=Nc2ccccc2)ccc1N1C(=O)c2ccccc2C1=O. The van der Waals surface area contributed by atoms with Crippen molar-refractivity contribution < 1.29 is 9.59 Å². The highest BCUT2D eigenvalue weighted by Gasteiger charge is 2.36. The summed E-state index contributed by atoms with van der Waals surface area (Å²) in [5.74, 6) is -0.597. The van der Waals surface area contributed by atoms with Crippen LogP contribution in [0.5, 0.6) is 0 Å². The molecule has 0 aliphatic carbocycles. The Morgan fingerprint density at radius 3 is 1.88 bits per heavy atom. The quantitative estimate of drug-likeness (QED) is 0.485. The molecule has 126 valence electrons. The van der Waals surface area contributed by atoms with Crippen LogP contribution in [-0.4, -0.2) is 11.8 Å². The van der Waals surface area contributed by atoms with Crippen molar-refractivity contribution in [2.45, 2.75) is 6.92 Å². The van der Waals surface area contributed by atoms with Gasteiger partial charge in [-0.3, -0.25) is 9.59 Å². The molecule has 0 aromatic heterocycles. The summed E-state index contributed by atoms with van der Waals surface area (Å²) >= 11 is 0. The summed E-state index contributed by atoms with van der Waals surface area (Å²) in [5, 5.41) is 8.40. The highest BCUT2D eigenvalue weighted by Crippen LogP contribution is 2.32. The molecule has 3 aromatic rings. The summed E-state index contributed by atoms with van der Waals surface area (Å²) in [6.45, 7) is 1.85. The first-order valence-electron chi connectivity index (χ1n) is 8.20. The van der Waals surface area contributed by atoms with Crippen LogP contribution >= 0.6 is 0 Å². The molecule has 0 saturated carbocycles. The number of azo groups is 1. The van der Waals surface area contributed by atoms with Crippen molar-refractivity contribution >= 4 is 28.9 Å². The lowest BCUT2D eigenvalue weighted by molar-refractivity contribution is 0.0926. The summed E-state index contributed by atoms with van der Waals surface area (Å²) in [6.07, 6.45) is 0. The Morgan fingerprint density at radius 1 is 0.692 bits per heavy atom. The highest BCUT2D eigenvalue weighted by atomic mass is 16.2. The first-order chi connectivity index (χ1) is 12.6. The second-order valence-corrected chi connectivity index (χ2v) is 6.00. The van der Waals surface area contributed by atoms with Crippen molar-refractivity contribution in [1.29, 1.82) is 0 Å². The van der Waals surface area contributed by atoms with E-state index in [9.17, 15) is 9.59 Å². The van der Waals surface area contributed by atoms with Crippen molar-refractivity contribution in [3.8, 4) is 0 Å². The Balaban J connectivity index is 1.64. The molecule has 4 rings (SSSR count). The minimum Gasteiger partial charge on any atom is -0.268 e.